The lowest BCUT2D eigenvalue weighted by Gasteiger charge is -2.21. The van der Waals surface area contributed by atoms with Crippen molar-refractivity contribution in [3.05, 3.63) is 29.3 Å². The Bertz CT molecular complexity index is 443. The van der Waals surface area contributed by atoms with Crippen molar-refractivity contribution in [1.82, 2.24) is 0 Å². The number of nitrogens with one attached hydrogen (secondary N) is 1. The van der Waals surface area contributed by atoms with Crippen molar-refractivity contribution in [2.45, 2.75) is 19.9 Å². The van der Waals surface area contributed by atoms with Gasteiger partial charge in [0.1, 0.15) is 6.07 Å². The van der Waals surface area contributed by atoms with Crippen molar-refractivity contribution in [2.24, 2.45) is 5.92 Å². The van der Waals surface area contributed by atoms with Crippen LogP contribution in [0.3, 0.4) is 0 Å². The molecule has 0 amide bonds. The van der Waals surface area contributed by atoms with Crippen LogP contribution in [0.5, 0.6) is 0 Å². The minimum atomic E-state index is -1.15. The second-order valence-electron chi connectivity index (χ2n) is 3.99. The van der Waals surface area contributed by atoms with E-state index in [1.54, 1.807) is 19.9 Å². The molecule has 0 aliphatic rings. The number of halogens is 2. The van der Waals surface area contributed by atoms with E-state index in [0.29, 0.717) is 0 Å². The molecule has 92 valence electrons. The van der Waals surface area contributed by atoms with Gasteiger partial charge < -0.3 is 10.4 Å². The largest absolute Gasteiger partial charge is 0.396 e. The molecule has 0 heterocycles. The second-order valence-corrected chi connectivity index (χ2v) is 3.99. The zero-order valence-electron chi connectivity index (χ0n) is 9.67. The maximum atomic E-state index is 13.5. The lowest BCUT2D eigenvalue weighted by Crippen LogP contribution is -2.26. The lowest BCUT2D eigenvalue weighted by molar-refractivity contribution is 0.226. The van der Waals surface area contributed by atoms with Gasteiger partial charge in [-0.15, -0.1) is 0 Å². The van der Waals surface area contributed by atoms with Crippen molar-refractivity contribution in [1.29, 1.82) is 5.26 Å². The first-order valence-corrected chi connectivity index (χ1v) is 5.26. The van der Waals surface area contributed by atoms with E-state index in [4.69, 9.17) is 10.4 Å². The normalized spacial score (nSPS) is 13.9. The SMILES string of the molecule is CC(CO)C(C)Nc1ccc(C#N)c(F)c1F. The van der Waals surface area contributed by atoms with Crippen LogP contribution in [0, 0.1) is 28.9 Å². The van der Waals surface area contributed by atoms with E-state index >= 15 is 0 Å². The molecule has 3 nitrogen and oxygen atoms in total. The third kappa shape index (κ3) is 2.92. The summed E-state index contributed by atoms with van der Waals surface area (Å²) < 4.78 is 26.8. The van der Waals surface area contributed by atoms with Gasteiger partial charge in [0.2, 0.25) is 0 Å². The zero-order chi connectivity index (χ0) is 13.0. The number of benzene rings is 1. The molecule has 0 aliphatic carbocycles. The summed E-state index contributed by atoms with van der Waals surface area (Å²) in [5.41, 5.74) is -0.329. The number of rotatable bonds is 4. The predicted molar refractivity (Wildman–Crippen MR) is 60.4 cm³/mol. The Labute approximate surface area is 98.7 Å². The Morgan fingerprint density at radius 1 is 1.35 bits per heavy atom. The van der Waals surface area contributed by atoms with Crippen LogP contribution in [-0.2, 0) is 0 Å². The Kier molecular flexibility index (Phi) is 4.41. The monoisotopic (exact) mass is 240 g/mol. The number of nitrogens with zero attached hydrogens (tertiary/aromatic N) is 1. The summed E-state index contributed by atoms with van der Waals surface area (Å²) in [6.07, 6.45) is 0. The van der Waals surface area contributed by atoms with Crippen LogP contribution >= 0.6 is 0 Å². The van der Waals surface area contributed by atoms with E-state index in [2.05, 4.69) is 5.32 Å². The van der Waals surface area contributed by atoms with Crippen molar-refractivity contribution in [3.8, 4) is 6.07 Å². The number of aliphatic hydroxyl groups is 1. The van der Waals surface area contributed by atoms with Gasteiger partial charge in [0.25, 0.3) is 0 Å². The Morgan fingerprint density at radius 3 is 2.53 bits per heavy atom. The van der Waals surface area contributed by atoms with E-state index in [9.17, 15) is 8.78 Å². The van der Waals surface area contributed by atoms with Crippen LogP contribution in [0.15, 0.2) is 12.1 Å². The molecule has 0 saturated carbocycles. The highest BCUT2D eigenvalue weighted by atomic mass is 19.2. The summed E-state index contributed by atoms with van der Waals surface area (Å²) in [7, 11) is 0. The van der Waals surface area contributed by atoms with Crippen LogP contribution in [0.2, 0.25) is 0 Å². The standard InChI is InChI=1S/C12H14F2N2O/c1-7(6-17)8(2)16-10-4-3-9(5-15)11(13)12(10)14/h3-4,7-8,16-17H,6H2,1-2H3. The molecule has 0 bridgehead atoms. The predicted octanol–water partition coefficient (Wildman–Crippen LogP) is 2.27. The molecule has 0 spiro atoms. The molecular weight excluding hydrogens is 226 g/mol. The van der Waals surface area contributed by atoms with Crippen LogP contribution < -0.4 is 5.32 Å². The molecule has 1 aromatic rings. The summed E-state index contributed by atoms with van der Waals surface area (Å²) in [5.74, 6) is -2.31. The molecule has 1 aromatic carbocycles. The van der Waals surface area contributed by atoms with Crippen molar-refractivity contribution < 1.29 is 13.9 Å². The first-order chi connectivity index (χ1) is 8.01. The van der Waals surface area contributed by atoms with Gasteiger partial charge in [-0.05, 0) is 25.0 Å². The van der Waals surface area contributed by atoms with Crippen molar-refractivity contribution in [2.75, 3.05) is 11.9 Å². The first kappa shape index (κ1) is 13.4. The van der Waals surface area contributed by atoms with E-state index in [1.165, 1.54) is 12.1 Å². The maximum Gasteiger partial charge on any atom is 0.183 e. The van der Waals surface area contributed by atoms with Crippen LogP contribution in [0.1, 0.15) is 19.4 Å². The quantitative estimate of drug-likeness (QED) is 0.848. The molecular formula is C12H14F2N2O. The minimum Gasteiger partial charge on any atom is -0.396 e. The fourth-order valence-electron chi connectivity index (χ4n) is 1.29. The third-order valence-electron chi connectivity index (χ3n) is 2.73. The lowest BCUT2D eigenvalue weighted by atomic mass is 10.0. The van der Waals surface area contributed by atoms with Crippen molar-refractivity contribution >= 4 is 5.69 Å². The molecule has 17 heavy (non-hydrogen) atoms. The van der Waals surface area contributed by atoms with Gasteiger partial charge in [-0.1, -0.05) is 6.92 Å². The van der Waals surface area contributed by atoms with Gasteiger partial charge in [0.15, 0.2) is 11.6 Å². The molecule has 0 aromatic heterocycles. The van der Waals surface area contributed by atoms with E-state index in [0.717, 1.165) is 0 Å². The third-order valence-corrected chi connectivity index (χ3v) is 2.73. The summed E-state index contributed by atoms with van der Waals surface area (Å²) in [4.78, 5) is 0. The highest BCUT2D eigenvalue weighted by Crippen LogP contribution is 2.22. The molecule has 0 fully saturated rings. The van der Waals surface area contributed by atoms with Gasteiger partial charge in [0, 0.05) is 12.6 Å². The summed E-state index contributed by atoms with van der Waals surface area (Å²) in [6.45, 7) is 3.50. The molecule has 2 unspecified atom stereocenters. The molecule has 0 radical (unpaired) electrons. The minimum absolute atomic E-state index is 0.00528. The summed E-state index contributed by atoms with van der Waals surface area (Å²) in [5, 5.41) is 20.2. The molecule has 1 rings (SSSR count). The second kappa shape index (κ2) is 5.60. The van der Waals surface area contributed by atoms with Gasteiger partial charge in [-0.25, -0.2) is 8.78 Å². The van der Waals surface area contributed by atoms with Gasteiger partial charge in [-0.3, -0.25) is 0 Å². The zero-order valence-corrected chi connectivity index (χ0v) is 9.67. The highest BCUT2D eigenvalue weighted by molar-refractivity contribution is 5.50. The molecule has 0 aliphatic heterocycles. The fraction of sp³-hybridized carbons (Fsp3) is 0.417. The van der Waals surface area contributed by atoms with Gasteiger partial charge in [0.05, 0.1) is 11.3 Å². The van der Waals surface area contributed by atoms with Gasteiger partial charge >= 0.3 is 0 Å². The molecule has 5 heteroatoms. The van der Waals surface area contributed by atoms with Gasteiger partial charge in [-0.2, -0.15) is 5.26 Å². The maximum absolute atomic E-state index is 13.5. The highest BCUT2D eigenvalue weighted by Gasteiger charge is 2.17. The number of nitriles is 1. The summed E-state index contributed by atoms with van der Waals surface area (Å²) in [6, 6.07) is 3.90. The van der Waals surface area contributed by atoms with Crippen LogP contribution in [-0.4, -0.2) is 17.8 Å². The fourth-order valence-corrected chi connectivity index (χ4v) is 1.29. The molecule has 2 atom stereocenters. The Hall–Kier alpha value is -1.67. The van der Waals surface area contributed by atoms with Crippen LogP contribution in [0.4, 0.5) is 14.5 Å². The number of aliphatic hydroxyl groups excluding tert-OH is 1. The first-order valence-electron chi connectivity index (χ1n) is 5.26. The summed E-state index contributed by atoms with van der Waals surface area (Å²) >= 11 is 0. The van der Waals surface area contributed by atoms with Crippen molar-refractivity contribution in [3.63, 3.8) is 0 Å². The van der Waals surface area contributed by atoms with E-state index in [-0.39, 0.29) is 29.8 Å². The topological polar surface area (TPSA) is 56.0 Å². The Balaban J connectivity index is 2.94. The molecule has 2 N–H and O–H groups in total. The number of hydrogen-bond acceptors (Lipinski definition) is 3. The van der Waals surface area contributed by atoms with E-state index in [1.807, 2.05) is 0 Å². The number of hydrogen-bond donors (Lipinski definition) is 2. The average Bonchev–Trinajstić information content (AvgIpc) is 2.34. The Morgan fingerprint density at radius 2 is 2.00 bits per heavy atom. The van der Waals surface area contributed by atoms with E-state index < -0.39 is 11.6 Å². The smallest absolute Gasteiger partial charge is 0.183 e. The molecule has 0 saturated heterocycles. The van der Waals surface area contributed by atoms with Crippen LogP contribution in [0.25, 0.3) is 0 Å². The number of anilines is 1. The average molecular weight is 240 g/mol.